The molecule has 0 aromatic heterocycles. The second-order valence-electron chi connectivity index (χ2n) is 5.46. The minimum absolute atomic E-state index is 0.0329. The van der Waals surface area contributed by atoms with Crippen LogP contribution < -0.4 is 0 Å². The highest BCUT2D eigenvalue weighted by Gasteiger charge is 2.35. The number of hydrogen-bond acceptors (Lipinski definition) is 3. The van der Waals surface area contributed by atoms with E-state index in [9.17, 15) is 5.11 Å². The minimum atomic E-state index is -0.189. The predicted molar refractivity (Wildman–Crippen MR) is 57.7 cm³/mol. The summed E-state index contributed by atoms with van der Waals surface area (Å²) in [5, 5.41) is 9.82. The van der Waals surface area contributed by atoms with Gasteiger partial charge < -0.3 is 14.6 Å². The minimum Gasteiger partial charge on any atom is -0.393 e. The van der Waals surface area contributed by atoms with Gasteiger partial charge in [-0.2, -0.15) is 0 Å². The summed E-state index contributed by atoms with van der Waals surface area (Å²) < 4.78 is 11.3. The molecule has 2 aliphatic rings. The van der Waals surface area contributed by atoms with Crippen LogP contribution in [-0.2, 0) is 9.47 Å². The van der Waals surface area contributed by atoms with E-state index in [-0.39, 0.29) is 17.6 Å². The van der Waals surface area contributed by atoms with Crippen LogP contribution in [0.4, 0.5) is 0 Å². The molecule has 2 heterocycles. The van der Waals surface area contributed by atoms with Gasteiger partial charge in [0.05, 0.1) is 24.4 Å². The Morgan fingerprint density at radius 3 is 2.73 bits per heavy atom. The van der Waals surface area contributed by atoms with Crippen molar-refractivity contribution in [2.45, 2.75) is 57.3 Å². The van der Waals surface area contributed by atoms with E-state index in [4.69, 9.17) is 9.47 Å². The molecule has 88 valence electrons. The fraction of sp³-hybridized carbons (Fsp3) is 1.00. The molecule has 2 rings (SSSR count). The fourth-order valence-electron chi connectivity index (χ4n) is 2.59. The van der Waals surface area contributed by atoms with E-state index < -0.39 is 0 Å². The molecule has 2 fully saturated rings. The molecule has 0 aromatic rings. The molecule has 3 atom stereocenters. The average Bonchev–Trinajstić information content (AvgIpc) is 2.50. The number of ether oxygens (including phenoxy) is 2. The monoisotopic (exact) mass is 214 g/mol. The molecule has 2 aliphatic heterocycles. The van der Waals surface area contributed by atoms with Crippen LogP contribution in [0.15, 0.2) is 0 Å². The number of rotatable bonds is 2. The van der Waals surface area contributed by atoms with Crippen molar-refractivity contribution in [1.29, 1.82) is 0 Å². The van der Waals surface area contributed by atoms with Gasteiger partial charge >= 0.3 is 0 Å². The Bertz CT molecular complexity index is 215. The van der Waals surface area contributed by atoms with Gasteiger partial charge in [-0.3, -0.25) is 0 Å². The summed E-state index contributed by atoms with van der Waals surface area (Å²) in [5.74, 6) is 0.276. The number of aliphatic hydroxyl groups excluding tert-OH is 1. The van der Waals surface area contributed by atoms with Crippen LogP contribution >= 0.6 is 0 Å². The summed E-state index contributed by atoms with van der Waals surface area (Å²) >= 11 is 0. The molecular weight excluding hydrogens is 192 g/mol. The van der Waals surface area contributed by atoms with Gasteiger partial charge in [-0.1, -0.05) is 0 Å². The average molecular weight is 214 g/mol. The SMILES string of the molecule is CC1(C)CCC(CC2COCCC2O)O1. The van der Waals surface area contributed by atoms with Crippen LogP contribution in [0.2, 0.25) is 0 Å². The maximum atomic E-state index is 9.82. The van der Waals surface area contributed by atoms with E-state index >= 15 is 0 Å². The largest absolute Gasteiger partial charge is 0.393 e. The van der Waals surface area contributed by atoms with Gasteiger partial charge in [0.25, 0.3) is 0 Å². The van der Waals surface area contributed by atoms with E-state index in [1.165, 1.54) is 0 Å². The van der Waals surface area contributed by atoms with Crippen molar-refractivity contribution >= 4 is 0 Å². The standard InChI is InChI=1S/C12H22O3/c1-12(2)5-3-10(15-12)7-9-8-14-6-4-11(9)13/h9-11,13H,3-8H2,1-2H3. The molecule has 0 radical (unpaired) electrons. The molecule has 0 bridgehead atoms. The Morgan fingerprint density at radius 2 is 2.13 bits per heavy atom. The Kier molecular flexibility index (Phi) is 3.33. The first-order valence-electron chi connectivity index (χ1n) is 6.00. The first-order valence-corrected chi connectivity index (χ1v) is 6.00. The van der Waals surface area contributed by atoms with E-state index in [2.05, 4.69) is 13.8 Å². The fourth-order valence-corrected chi connectivity index (χ4v) is 2.59. The molecule has 3 nitrogen and oxygen atoms in total. The summed E-state index contributed by atoms with van der Waals surface area (Å²) in [4.78, 5) is 0. The third-order valence-electron chi connectivity index (χ3n) is 3.55. The second kappa shape index (κ2) is 4.40. The molecule has 0 aromatic carbocycles. The normalized spacial score (nSPS) is 40.6. The summed E-state index contributed by atoms with van der Waals surface area (Å²) in [6.45, 7) is 5.68. The van der Waals surface area contributed by atoms with Crippen molar-refractivity contribution in [2.75, 3.05) is 13.2 Å². The van der Waals surface area contributed by atoms with Gasteiger partial charge in [0, 0.05) is 12.5 Å². The summed E-state index contributed by atoms with van der Waals surface area (Å²) in [6.07, 6.45) is 4.11. The van der Waals surface area contributed by atoms with Gasteiger partial charge in [-0.05, 0) is 39.5 Å². The van der Waals surface area contributed by atoms with Gasteiger partial charge in [-0.15, -0.1) is 0 Å². The molecule has 0 aliphatic carbocycles. The van der Waals surface area contributed by atoms with Gasteiger partial charge in [0.15, 0.2) is 0 Å². The zero-order chi connectivity index (χ0) is 10.9. The van der Waals surface area contributed by atoms with E-state index in [0.29, 0.717) is 19.3 Å². The predicted octanol–water partition coefficient (Wildman–Crippen LogP) is 1.73. The Labute approximate surface area is 91.8 Å². The van der Waals surface area contributed by atoms with Crippen LogP contribution in [0.3, 0.4) is 0 Å². The third-order valence-corrected chi connectivity index (χ3v) is 3.55. The molecule has 0 saturated carbocycles. The molecule has 0 spiro atoms. The maximum absolute atomic E-state index is 9.82. The van der Waals surface area contributed by atoms with E-state index in [0.717, 1.165) is 25.7 Å². The number of hydrogen-bond donors (Lipinski definition) is 1. The smallest absolute Gasteiger partial charge is 0.0631 e. The van der Waals surface area contributed by atoms with Crippen LogP contribution in [0.1, 0.15) is 39.5 Å². The van der Waals surface area contributed by atoms with Crippen LogP contribution in [0.5, 0.6) is 0 Å². The second-order valence-corrected chi connectivity index (χ2v) is 5.46. The topological polar surface area (TPSA) is 38.7 Å². The highest BCUT2D eigenvalue weighted by Crippen LogP contribution is 2.34. The van der Waals surface area contributed by atoms with Crippen molar-refractivity contribution in [2.24, 2.45) is 5.92 Å². The molecule has 15 heavy (non-hydrogen) atoms. The summed E-state index contributed by atoms with van der Waals surface area (Å²) in [5.41, 5.74) is 0.0329. The zero-order valence-electron chi connectivity index (χ0n) is 9.74. The lowest BCUT2D eigenvalue weighted by Gasteiger charge is -2.30. The summed E-state index contributed by atoms with van der Waals surface area (Å²) in [6, 6.07) is 0. The molecule has 0 amide bonds. The van der Waals surface area contributed by atoms with Crippen LogP contribution in [-0.4, -0.2) is 36.1 Å². The first kappa shape index (κ1) is 11.4. The van der Waals surface area contributed by atoms with Crippen LogP contribution in [0, 0.1) is 5.92 Å². The van der Waals surface area contributed by atoms with Crippen molar-refractivity contribution < 1.29 is 14.6 Å². The molecule has 2 saturated heterocycles. The van der Waals surface area contributed by atoms with Crippen LogP contribution in [0.25, 0.3) is 0 Å². The molecular formula is C12H22O3. The highest BCUT2D eigenvalue weighted by atomic mass is 16.5. The number of aliphatic hydroxyl groups is 1. The molecule has 3 heteroatoms. The lowest BCUT2D eigenvalue weighted by Crippen LogP contribution is -2.34. The van der Waals surface area contributed by atoms with Crippen molar-refractivity contribution in [3.63, 3.8) is 0 Å². The lowest BCUT2D eigenvalue weighted by molar-refractivity contribution is -0.0736. The van der Waals surface area contributed by atoms with Gasteiger partial charge in [0.2, 0.25) is 0 Å². The Morgan fingerprint density at radius 1 is 1.33 bits per heavy atom. The van der Waals surface area contributed by atoms with Crippen molar-refractivity contribution in [3.8, 4) is 0 Å². The van der Waals surface area contributed by atoms with Gasteiger partial charge in [0.1, 0.15) is 0 Å². The molecule has 1 N–H and O–H groups in total. The van der Waals surface area contributed by atoms with E-state index in [1.54, 1.807) is 0 Å². The highest BCUT2D eigenvalue weighted by molar-refractivity contribution is 4.84. The summed E-state index contributed by atoms with van der Waals surface area (Å²) in [7, 11) is 0. The Hall–Kier alpha value is -0.120. The zero-order valence-corrected chi connectivity index (χ0v) is 9.74. The lowest BCUT2D eigenvalue weighted by atomic mass is 9.91. The molecule has 3 unspecified atom stereocenters. The van der Waals surface area contributed by atoms with Crippen molar-refractivity contribution in [1.82, 2.24) is 0 Å². The maximum Gasteiger partial charge on any atom is 0.0631 e. The van der Waals surface area contributed by atoms with E-state index in [1.807, 2.05) is 0 Å². The Balaban J connectivity index is 1.81. The first-order chi connectivity index (χ1) is 7.07. The van der Waals surface area contributed by atoms with Crippen molar-refractivity contribution in [3.05, 3.63) is 0 Å². The van der Waals surface area contributed by atoms with Gasteiger partial charge in [-0.25, -0.2) is 0 Å². The third kappa shape index (κ3) is 2.92. The quantitative estimate of drug-likeness (QED) is 0.761.